The summed E-state index contributed by atoms with van der Waals surface area (Å²) in [4.78, 5) is 0. The number of hydrogen-bond acceptors (Lipinski definition) is 0. The van der Waals surface area contributed by atoms with Crippen molar-refractivity contribution >= 4 is 17.2 Å². The molecule has 0 fully saturated rings. The van der Waals surface area contributed by atoms with Crippen molar-refractivity contribution < 1.29 is 0 Å². The Morgan fingerprint density at radius 3 is 1.73 bits per heavy atom. The van der Waals surface area contributed by atoms with Gasteiger partial charge in [-0.25, -0.2) is 0 Å². The summed E-state index contributed by atoms with van der Waals surface area (Å²) in [6, 6.07) is 48.9. The van der Waals surface area contributed by atoms with Crippen LogP contribution in [-0.2, 0) is 0 Å². The summed E-state index contributed by atoms with van der Waals surface area (Å²) >= 11 is 0. The fourth-order valence-corrected chi connectivity index (χ4v) is 6.50. The zero-order chi connectivity index (χ0) is 24.8. The van der Waals surface area contributed by atoms with E-state index in [0.29, 0.717) is 0 Å². The van der Waals surface area contributed by atoms with Crippen molar-refractivity contribution in [3.63, 3.8) is 0 Å². The van der Waals surface area contributed by atoms with E-state index in [9.17, 15) is 0 Å². The SMILES string of the molecule is CC1=Cc2ccccc2C1c1ccccc1C1=C(c2ccccc2)c2ccccc2C1c1ccccc1. The summed E-state index contributed by atoms with van der Waals surface area (Å²) in [6.45, 7) is 2.28. The lowest BCUT2D eigenvalue weighted by Crippen LogP contribution is -2.07. The van der Waals surface area contributed by atoms with Gasteiger partial charge in [-0.1, -0.05) is 145 Å². The van der Waals surface area contributed by atoms with E-state index in [1.807, 2.05) is 0 Å². The molecule has 2 aliphatic carbocycles. The first-order chi connectivity index (χ1) is 18.3. The van der Waals surface area contributed by atoms with Crippen molar-refractivity contribution in [1.82, 2.24) is 0 Å². The predicted molar refractivity (Wildman–Crippen MR) is 155 cm³/mol. The van der Waals surface area contributed by atoms with Gasteiger partial charge in [-0.05, 0) is 62.6 Å². The molecule has 5 aromatic rings. The molecule has 0 saturated carbocycles. The highest BCUT2D eigenvalue weighted by Crippen LogP contribution is 2.54. The van der Waals surface area contributed by atoms with E-state index in [-0.39, 0.29) is 11.8 Å². The van der Waals surface area contributed by atoms with Crippen LogP contribution in [0.15, 0.2) is 139 Å². The van der Waals surface area contributed by atoms with E-state index < -0.39 is 0 Å². The summed E-state index contributed by atoms with van der Waals surface area (Å²) < 4.78 is 0. The number of hydrogen-bond donors (Lipinski definition) is 0. The monoisotopic (exact) mass is 472 g/mol. The molecule has 5 aromatic carbocycles. The van der Waals surface area contributed by atoms with Gasteiger partial charge in [-0.2, -0.15) is 0 Å². The Morgan fingerprint density at radius 2 is 1.00 bits per heavy atom. The molecule has 7 rings (SSSR count). The van der Waals surface area contributed by atoms with Crippen molar-refractivity contribution in [2.75, 3.05) is 0 Å². The molecule has 0 heterocycles. The van der Waals surface area contributed by atoms with Crippen LogP contribution in [-0.4, -0.2) is 0 Å². The Kier molecular flexibility index (Phi) is 5.26. The summed E-state index contributed by atoms with van der Waals surface area (Å²) in [5, 5.41) is 0. The maximum Gasteiger partial charge on any atom is 0.0358 e. The van der Waals surface area contributed by atoms with Gasteiger partial charge < -0.3 is 0 Å². The average Bonchev–Trinajstić information content (AvgIpc) is 3.48. The van der Waals surface area contributed by atoms with Gasteiger partial charge in [0.05, 0.1) is 0 Å². The van der Waals surface area contributed by atoms with E-state index in [4.69, 9.17) is 0 Å². The van der Waals surface area contributed by atoms with Crippen LogP contribution in [0.2, 0.25) is 0 Å². The van der Waals surface area contributed by atoms with Crippen LogP contribution >= 0.6 is 0 Å². The molecule has 0 nitrogen and oxygen atoms in total. The molecular formula is C37H28. The number of allylic oxidation sites excluding steroid dienone is 2. The summed E-state index contributed by atoms with van der Waals surface area (Å²) in [7, 11) is 0. The molecule has 0 aliphatic heterocycles. The largest absolute Gasteiger partial charge is 0.0622 e. The second kappa shape index (κ2) is 8.91. The fourth-order valence-electron chi connectivity index (χ4n) is 6.50. The van der Waals surface area contributed by atoms with Crippen molar-refractivity contribution in [1.29, 1.82) is 0 Å². The van der Waals surface area contributed by atoms with E-state index in [0.717, 1.165) is 0 Å². The van der Waals surface area contributed by atoms with Crippen LogP contribution in [0.25, 0.3) is 17.2 Å². The maximum atomic E-state index is 2.36. The van der Waals surface area contributed by atoms with Gasteiger partial charge in [0.1, 0.15) is 0 Å². The smallest absolute Gasteiger partial charge is 0.0358 e. The molecule has 0 saturated heterocycles. The summed E-state index contributed by atoms with van der Waals surface area (Å²) in [5.41, 5.74) is 15.0. The molecule has 2 aliphatic rings. The van der Waals surface area contributed by atoms with Gasteiger partial charge in [-0.3, -0.25) is 0 Å². The Labute approximate surface area is 219 Å². The molecule has 0 spiro atoms. The van der Waals surface area contributed by atoms with Crippen molar-refractivity contribution in [3.05, 3.63) is 184 Å². The molecule has 37 heavy (non-hydrogen) atoms. The molecule has 176 valence electrons. The Morgan fingerprint density at radius 1 is 0.459 bits per heavy atom. The molecule has 0 radical (unpaired) electrons. The quantitative estimate of drug-likeness (QED) is 0.244. The molecule has 0 aromatic heterocycles. The average molecular weight is 473 g/mol. The first-order valence-corrected chi connectivity index (χ1v) is 13.1. The van der Waals surface area contributed by atoms with Crippen molar-refractivity contribution in [2.24, 2.45) is 0 Å². The first kappa shape index (κ1) is 21.8. The van der Waals surface area contributed by atoms with Gasteiger partial charge in [0, 0.05) is 11.8 Å². The molecule has 0 amide bonds. The van der Waals surface area contributed by atoms with Crippen LogP contribution in [0.5, 0.6) is 0 Å². The lowest BCUT2D eigenvalue weighted by Gasteiger charge is -2.25. The molecule has 2 unspecified atom stereocenters. The second-order valence-corrected chi connectivity index (χ2v) is 10.1. The third-order valence-electron chi connectivity index (χ3n) is 8.00. The fraction of sp³-hybridized carbons (Fsp3) is 0.0811. The van der Waals surface area contributed by atoms with E-state index >= 15 is 0 Å². The topological polar surface area (TPSA) is 0 Å². The number of benzene rings is 5. The molecule has 0 heteroatoms. The maximum absolute atomic E-state index is 2.36. The van der Waals surface area contributed by atoms with Gasteiger partial charge in [0.2, 0.25) is 0 Å². The number of fused-ring (bicyclic) bond motifs is 2. The van der Waals surface area contributed by atoms with Crippen LogP contribution in [0, 0.1) is 0 Å². The minimum absolute atomic E-state index is 0.176. The number of rotatable bonds is 4. The third kappa shape index (κ3) is 3.52. The van der Waals surface area contributed by atoms with Crippen LogP contribution < -0.4 is 0 Å². The lowest BCUT2D eigenvalue weighted by atomic mass is 9.78. The standard InChI is InChI=1S/C37H28/c1-25-24-28-18-8-9-19-29(28)34(25)30-20-10-13-23-33(30)37-35(26-14-4-2-5-15-26)31-21-11-12-22-32(31)36(37)27-16-6-3-7-17-27/h2-24,34-35H,1H3. The van der Waals surface area contributed by atoms with E-state index in [1.54, 1.807) is 0 Å². The van der Waals surface area contributed by atoms with Crippen molar-refractivity contribution in [3.8, 4) is 0 Å². The Balaban J connectivity index is 1.55. The zero-order valence-electron chi connectivity index (χ0n) is 20.9. The zero-order valence-corrected chi connectivity index (χ0v) is 20.9. The molecule has 0 bridgehead atoms. The highest BCUT2D eigenvalue weighted by Gasteiger charge is 2.36. The Hall–Kier alpha value is -4.42. The lowest BCUT2D eigenvalue weighted by molar-refractivity contribution is 0.962. The second-order valence-electron chi connectivity index (χ2n) is 10.1. The van der Waals surface area contributed by atoms with Gasteiger partial charge in [0.25, 0.3) is 0 Å². The van der Waals surface area contributed by atoms with Crippen LogP contribution in [0.1, 0.15) is 63.3 Å². The normalized spacial score (nSPS) is 17.9. The minimum Gasteiger partial charge on any atom is -0.0622 e. The van der Waals surface area contributed by atoms with Gasteiger partial charge >= 0.3 is 0 Å². The molecule has 0 N–H and O–H groups in total. The highest BCUT2D eigenvalue weighted by molar-refractivity contribution is 6.07. The molecule has 2 atom stereocenters. The minimum atomic E-state index is 0.176. The first-order valence-electron chi connectivity index (χ1n) is 13.1. The Bertz CT molecular complexity index is 1670. The summed E-state index contributed by atoms with van der Waals surface area (Å²) in [5.74, 6) is 0.437. The third-order valence-corrected chi connectivity index (χ3v) is 8.00. The van der Waals surface area contributed by atoms with Gasteiger partial charge in [-0.15, -0.1) is 0 Å². The predicted octanol–water partition coefficient (Wildman–Crippen LogP) is 9.34. The van der Waals surface area contributed by atoms with Crippen LogP contribution in [0.3, 0.4) is 0 Å². The van der Waals surface area contributed by atoms with E-state index in [1.165, 1.54) is 61.2 Å². The summed E-state index contributed by atoms with van der Waals surface area (Å²) in [6.07, 6.45) is 2.36. The van der Waals surface area contributed by atoms with Gasteiger partial charge in [0.15, 0.2) is 0 Å². The van der Waals surface area contributed by atoms with Crippen LogP contribution in [0.4, 0.5) is 0 Å². The highest BCUT2D eigenvalue weighted by atomic mass is 14.4. The van der Waals surface area contributed by atoms with Crippen molar-refractivity contribution in [2.45, 2.75) is 18.8 Å². The van der Waals surface area contributed by atoms with E-state index in [2.05, 4.69) is 146 Å². The molecular weight excluding hydrogens is 444 g/mol.